The zero-order valence-corrected chi connectivity index (χ0v) is 10.8. The van der Waals surface area contributed by atoms with Gasteiger partial charge in [-0.2, -0.15) is 0 Å². The molecule has 0 amide bonds. The summed E-state index contributed by atoms with van der Waals surface area (Å²) in [7, 11) is 0. The van der Waals surface area contributed by atoms with Crippen LogP contribution in [0, 0.1) is 15.9 Å². The van der Waals surface area contributed by atoms with E-state index < -0.39 is 16.4 Å². The SMILES string of the molecule is O=[N+]([O-])c1cc(F)cc(Oc2cccc(Cl)c2Cl)c1. The Kier molecular flexibility index (Phi) is 3.87. The maximum atomic E-state index is 13.2. The molecule has 0 spiro atoms. The Hall–Kier alpha value is -1.85. The van der Waals surface area contributed by atoms with Gasteiger partial charge in [0.25, 0.3) is 5.69 Å². The van der Waals surface area contributed by atoms with Gasteiger partial charge in [-0.1, -0.05) is 29.3 Å². The molecule has 2 aromatic carbocycles. The Balaban J connectivity index is 2.38. The molecule has 0 bridgehead atoms. The third kappa shape index (κ3) is 3.13. The summed E-state index contributed by atoms with van der Waals surface area (Å²) in [5.74, 6) is -0.618. The molecule has 0 radical (unpaired) electrons. The van der Waals surface area contributed by atoms with Crippen molar-refractivity contribution in [3.8, 4) is 11.5 Å². The lowest BCUT2D eigenvalue weighted by Crippen LogP contribution is -1.92. The number of hydrogen-bond donors (Lipinski definition) is 0. The molecular weight excluding hydrogens is 296 g/mol. The molecule has 0 N–H and O–H groups in total. The van der Waals surface area contributed by atoms with Gasteiger partial charge in [0.15, 0.2) is 0 Å². The van der Waals surface area contributed by atoms with Gasteiger partial charge in [0.1, 0.15) is 22.3 Å². The van der Waals surface area contributed by atoms with Crippen molar-refractivity contribution in [2.75, 3.05) is 0 Å². The number of non-ortho nitro benzene ring substituents is 1. The van der Waals surface area contributed by atoms with E-state index in [0.717, 1.165) is 18.2 Å². The highest BCUT2D eigenvalue weighted by molar-refractivity contribution is 6.42. The van der Waals surface area contributed by atoms with Crippen LogP contribution in [0.25, 0.3) is 0 Å². The standard InChI is InChI=1S/C12H6Cl2FNO3/c13-10-2-1-3-11(12(10)14)19-9-5-7(15)4-8(6-9)16(17)18/h1-6H. The molecule has 0 unspecified atom stereocenters. The van der Waals surface area contributed by atoms with E-state index in [4.69, 9.17) is 27.9 Å². The number of rotatable bonds is 3. The minimum Gasteiger partial charge on any atom is -0.455 e. The predicted molar refractivity (Wildman–Crippen MR) is 69.6 cm³/mol. The Morgan fingerprint density at radius 2 is 1.95 bits per heavy atom. The van der Waals surface area contributed by atoms with Gasteiger partial charge in [0, 0.05) is 6.07 Å². The second-order valence-electron chi connectivity index (χ2n) is 3.56. The van der Waals surface area contributed by atoms with Gasteiger partial charge in [-0.3, -0.25) is 10.1 Å². The Labute approximate surface area is 117 Å². The van der Waals surface area contributed by atoms with E-state index in [-0.39, 0.29) is 21.5 Å². The molecule has 98 valence electrons. The summed E-state index contributed by atoms with van der Waals surface area (Å²) in [4.78, 5) is 9.90. The van der Waals surface area contributed by atoms with E-state index in [0.29, 0.717) is 0 Å². The summed E-state index contributed by atoms with van der Waals surface area (Å²) >= 11 is 11.7. The highest BCUT2D eigenvalue weighted by atomic mass is 35.5. The van der Waals surface area contributed by atoms with E-state index in [1.807, 2.05) is 0 Å². The molecule has 0 saturated heterocycles. The van der Waals surface area contributed by atoms with E-state index >= 15 is 0 Å². The quantitative estimate of drug-likeness (QED) is 0.602. The lowest BCUT2D eigenvalue weighted by molar-refractivity contribution is -0.385. The third-order valence-electron chi connectivity index (χ3n) is 2.21. The molecule has 0 aromatic heterocycles. The second kappa shape index (κ2) is 5.42. The average Bonchev–Trinajstić information content (AvgIpc) is 2.34. The lowest BCUT2D eigenvalue weighted by atomic mass is 10.3. The number of benzene rings is 2. The smallest absolute Gasteiger partial charge is 0.276 e. The minimum atomic E-state index is -0.776. The van der Waals surface area contributed by atoms with Crippen LogP contribution in [0.1, 0.15) is 0 Å². The number of nitro groups is 1. The zero-order valence-electron chi connectivity index (χ0n) is 9.27. The molecule has 0 heterocycles. The summed E-state index contributed by atoms with van der Waals surface area (Å²) in [6, 6.07) is 7.59. The number of halogens is 3. The molecule has 0 fully saturated rings. The fourth-order valence-electron chi connectivity index (χ4n) is 1.40. The molecule has 7 heteroatoms. The summed E-state index contributed by atoms with van der Waals surface area (Å²) < 4.78 is 18.5. The molecule has 0 aliphatic carbocycles. The predicted octanol–water partition coefficient (Wildman–Crippen LogP) is 4.83. The van der Waals surface area contributed by atoms with E-state index in [1.165, 1.54) is 6.07 Å². The van der Waals surface area contributed by atoms with Crippen molar-refractivity contribution in [1.29, 1.82) is 0 Å². The Morgan fingerprint density at radius 3 is 2.63 bits per heavy atom. The second-order valence-corrected chi connectivity index (χ2v) is 4.34. The molecule has 2 aromatic rings. The van der Waals surface area contributed by atoms with E-state index in [1.54, 1.807) is 12.1 Å². The topological polar surface area (TPSA) is 52.4 Å². The van der Waals surface area contributed by atoms with Crippen molar-refractivity contribution in [3.63, 3.8) is 0 Å². The maximum absolute atomic E-state index is 13.2. The zero-order chi connectivity index (χ0) is 14.0. The fourth-order valence-corrected chi connectivity index (χ4v) is 1.73. The molecular formula is C12H6Cl2FNO3. The van der Waals surface area contributed by atoms with Crippen molar-refractivity contribution in [1.82, 2.24) is 0 Å². The summed E-state index contributed by atoms with van der Waals surface area (Å²) in [5, 5.41) is 11.0. The molecule has 2 rings (SSSR count). The summed E-state index contributed by atoms with van der Waals surface area (Å²) in [5.41, 5.74) is -0.409. The van der Waals surface area contributed by atoms with Crippen LogP contribution in [0.15, 0.2) is 36.4 Å². The Bertz CT molecular complexity index is 649. The molecule has 0 saturated carbocycles. The first kappa shape index (κ1) is 13.6. The molecule has 19 heavy (non-hydrogen) atoms. The maximum Gasteiger partial charge on any atom is 0.276 e. The molecule has 4 nitrogen and oxygen atoms in total. The number of ether oxygens (including phenoxy) is 1. The normalized spacial score (nSPS) is 10.3. The monoisotopic (exact) mass is 301 g/mol. The Morgan fingerprint density at radius 1 is 1.21 bits per heavy atom. The first-order chi connectivity index (χ1) is 8.97. The first-order valence-corrected chi connectivity index (χ1v) is 5.80. The molecule has 0 atom stereocenters. The number of nitro benzene ring substituents is 1. The van der Waals surface area contributed by atoms with Gasteiger partial charge >= 0.3 is 0 Å². The van der Waals surface area contributed by atoms with Crippen LogP contribution in [0.5, 0.6) is 11.5 Å². The number of nitrogens with zero attached hydrogens (tertiary/aromatic N) is 1. The van der Waals surface area contributed by atoms with Crippen LogP contribution in [-0.4, -0.2) is 4.92 Å². The van der Waals surface area contributed by atoms with Crippen molar-refractivity contribution in [2.45, 2.75) is 0 Å². The van der Waals surface area contributed by atoms with Crippen molar-refractivity contribution in [2.24, 2.45) is 0 Å². The van der Waals surface area contributed by atoms with Crippen molar-refractivity contribution < 1.29 is 14.1 Å². The summed E-state index contributed by atoms with van der Waals surface area (Å²) in [6.07, 6.45) is 0. The molecule has 0 aliphatic rings. The summed E-state index contributed by atoms with van der Waals surface area (Å²) in [6.45, 7) is 0. The van der Waals surface area contributed by atoms with E-state index in [9.17, 15) is 14.5 Å². The minimum absolute atomic E-state index is 0.0316. The first-order valence-electron chi connectivity index (χ1n) is 5.04. The van der Waals surface area contributed by atoms with Gasteiger partial charge < -0.3 is 4.74 Å². The fraction of sp³-hybridized carbons (Fsp3) is 0. The van der Waals surface area contributed by atoms with Crippen molar-refractivity contribution in [3.05, 3.63) is 62.4 Å². The van der Waals surface area contributed by atoms with Gasteiger partial charge in [-0.25, -0.2) is 4.39 Å². The van der Waals surface area contributed by atoms with E-state index in [2.05, 4.69) is 0 Å². The largest absolute Gasteiger partial charge is 0.455 e. The lowest BCUT2D eigenvalue weighted by Gasteiger charge is -2.08. The van der Waals surface area contributed by atoms with Crippen LogP contribution in [0.2, 0.25) is 10.0 Å². The van der Waals surface area contributed by atoms with Crippen LogP contribution in [0.4, 0.5) is 10.1 Å². The van der Waals surface area contributed by atoms with Crippen LogP contribution < -0.4 is 4.74 Å². The van der Waals surface area contributed by atoms with Gasteiger partial charge in [-0.05, 0) is 12.1 Å². The third-order valence-corrected chi connectivity index (χ3v) is 3.01. The van der Waals surface area contributed by atoms with Crippen LogP contribution in [-0.2, 0) is 0 Å². The van der Waals surface area contributed by atoms with Crippen LogP contribution >= 0.6 is 23.2 Å². The highest BCUT2D eigenvalue weighted by Gasteiger charge is 2.13. The molecule has 0 aliphatic heterocycles. The average molecular weight is 302 g/mol. The van der Waals surface area contributed by atoms with Crippen molar-refractivity contribution >= 4 is 28.9 Å². The van der Waals surface area contributed by atoms with Gasteiger partial charge in [-0.15, -0.1) is 0 Å². The van der Waals surface area contributed by atoms with Gasteiger partial charge in [0.2, 0.25) is 0 Å². The van der Waals surface area contributed by atoms with Gasteiger partial charge in [0.05, 0.1) is 22.1 Å². The highest BCUT2D eigenvalue weighted by Crippen LogP contribution is 2.35. The van der Waals surface area contributed by atoms with Crippen LogP contribution in [0.3, 0.4) is 0 Å². The number of hydrogen-bond acceptors (Lipinski definition) is 3.